The lowest BCUT2D eigenvalue weighted by molar-refractivity contribution is 0.0918. The number of hydrogen-bond acceptors (Lipinski definition) is 3. The molecule has 1 unspecified atom stereocenters. The molecule has 0 aliphatic carbocycles. The van der Waals surface area contributed by atoms with Crippen molar-refractivity contribution in [2.24, 2.45) is 0 Å². The van der Waals surface area contributed by atoms with Gasteiger partial charge in [-0.15, -0.1) is 0 Å². The first-order valence-electron chi connectivity index (χ1n) is 9.18. The summed E-state index contributed by atoms with van der Waals surface area (Å²) in [6, 6.07) is 14.0. The molecule has 0 radical (unpaired) electrons. The van der Waals surface area contributed by atoms with Crippen molar-refractivity contribution in [1.29, 1.82) is 0 Å². The minimum absolute atomic E-state index is 0.0846. The van der Waals surface area contributed by atoms with Crippen molar-refractivity contribution < 1.29 is 14.3 Å². The Hall–Kier alpha value is -2.82. The summed E-state index contributed by atoms with van der Waals surface area (Å²) in [5, 5.41) is 5.75. The molecule has 0 aliphatic heterocycles. The topological polar surface area (TPSA) is 67.4 Å². The van der Waals surface area contributed by atoms with Gasteiger partial charge in [0.2, 0.25) is 0 Å². The van der Waals surface area contributed by atoms with Gasteiger partial charge in [-0.25, -0.2) is 0 Å². The van der Waals surface area contributed by atoms with Gasteiger partial charge in [0.15, 0.2) is 0 Å². The van der Waals surface area contributed by atoms with E-state index in [-0.39, 0.29) is 23.5 Å². The molecular weight excluding hydrogens is 340 g/mol. The Labute approximate surface area is 161 Å². The summed E-state index contributed by atoms with van der Waals surface area (Å²) in [7, 11) is 0. The fourth-order valence-electron chi connectivity index (χ4n) is 2.38. The minimum Gasteiger partial charge on any atom is -0.491 e. The van der Waals surface area contributed by atoms with Crippen molar-refractivity contribution in [3.8, 4) is 5.75 Å². The number of carbonyl (C=O) groups is 2. The van der Waals surface area contributed by atoms with E-state index in [4.69, 9.17) is 4.74 Å². The fourth-order valence-corrected chi connectivity index (χ4v) is 2.38. The van der Waals surface area contributed by atoms with Gasteiger partial charge in [0, 0.05) is 22.4 Å². The highest BCUT2D eigenvalue weighted by atomic mass is 16.5. The average Bonchev–Trinajstić information content (AvgIpc) is 2.60. The number of benzene rings is 2. The molecule has 0 spiro atoms. The third-order valence-electron chi connectivity index (χ3n) is 3.88. The van der Waals surface area contributed by atoms with Crippen LogP contribution in [0.1, 0.15) is 61.8 Å². The first-order valence-corrected chi connectivity index (χ1v) is 9.18. The molecule has 1 atom stereocenters. The molecule has 2 amide bonds. The third kappa shape index (κ3) is 6.44. The molecule has 0 heterocycles. The summed E-state index contributed by atoms with van der Waals surface area (Å²) >= 11 is 0. The first kappa shape index (κ1) is 20.5. The van der Waals surface area contributed by atoms with Crippen molar-refractivity contribution in [1.82, 2.24) is 5.32 Å². The maximum Gasteiger partial charge on any atom is 0.255 e. The van der Waals surface area contributed by atoms with E-state index in [2.05, 4.69) is 10.6 Å². The van der Waals surface area contributed by atoms with Crippen LogP contribution in [0.25, 0.3) is 0 Å². The molecule has 5 nitrogen and oxygen atoms in total. The van der Waals surface area contributed by atoms with Gasteiger partial charge in [0.1, 0.15) is 5.75 Å². The van der Waals surface area contributed by atoms with Gasteiger partial charge in [-0.2, -0.15) is 0 Å². The number of amides is 2. The molecule has 0 bridgehead atoms. The highest BCUT2D eigenvalue weighted by molar-refractivity contribution is 6.05. The van der Waals surface area contributed by atoms with Crippen molar-refractivity contribution in [3.05, 3.63) is 59.7 Å². The van der Waals surface area contributed by atoms with Crippen LogP contribution in [0.15, 0.2) is 48.5 Å². The number of ether oxygens (including phenoxy) is 1. The van der Waals surface area contributed by atoms with Crippen molar-refractivity contribution >= 4 is 17.5 Å². The van der Waals surface area contributed by atoms with Gasteiger partial charge in [0.25, 0.3) is 11.8 Å². The van der Waals surface area contributed by atoms with Crippen LogP contribution in [0.2, 0.25) is 0 Å². The van der Waals surface area contributed by atoms with Crippen molar-refractivity contribution in [3.63, 3.8) is 0 Å². The zero-order chi connectivity index (χ0) is 20.0. The number of anilines is 1. The summed E-state index contributed by atoms with van der Waals surface area (Å²) in [6.07, 6.45) is 0.973. The number of carbonyl (C=O) groups excluding carboxylic acids is 2. The van der Waals surface area contributed by atoms with Crippen LogP contribution in [0.4, 0.5) is 5.69 Å². The first-order chi connectivity index (χ1) is 12.7. The lowest BCUT2D eigenvalue weighted by atomic mass is 10.1. The van der Waals surface area contributed by atoms with E-state index in [1.807, 2.05) is 40.7 Å². The lowest BCUT2D eigenvalue weighted by Gasteiger charge is -2.20. The quantitative estimate of drug-likeness (QED) is 0.780. The number of rotatable bonds is 6. The van der Waals surface area contributed by atoms with Crippen LogP contribution in [0.3, 0.4) is 0 Å². The molecule has 27 heavy (non-hydrogen) atoms. The van der Waals surface area contributed by atoms with E-state index in [0.717, 1.165) is 6.42 Å². The Kier molecular flexibility index (Phi) is 6.61. The molecule has 144 valence electrons. The molecule has 2 rings (SSSR count). The zero-order valence-electron chi connectivity index (χ0n) is 16.6. The fraction of sp³-hybridized carbons (Fsp3) is 0.364. The smallest absolute Gasteiger partial charge is 0.255 e. The summed E-state index contributed by atoms with van der Waals surface area (Å²) in [5.41, 5.74) is 1.23. The SMILES string of the molecule is CCC(C)Oc1cccc(C(=O)Nc2cccc(C(=O)NC(C)(C)C)c2)c1. The molecule has 2 aromatic rings. The highest BCUT2D eigenvalue weighted by Crippen LogP contribution is 2.18. The van der Waals surface area contributed by atoms with E-state index in [0.29, 0.717) is 22.6 Å². The molecule has 0 aromatic heterocycles. The normalized spacial score (nSPS) is 12.2. The molecule has 2 aromatic carbocycles. The van der Waals surface area contributed by atoms with Crippen LogP contribution < -0.4 is 15.4 Å². The molecule has 0 saturated carbocycles. The summed E-state index contributed by atoms with van der Waals surface area (Å²) in [5.74, 6) is 0.232. The molecule has 2 N–H and O–H groups in total. The van der Waals surface area contributed by atoms with E-state index < -0.39 is 0 Å². The van der Waals surface area contributed by atoms with Crippen molar-refractivity contribution in [2.75, 3.05) is 5.32 Å². The van der Waals surface area contributed by atoms with Gasteiger partial charge >= 0.3 is 0 Å². The largest absolute Gasteiger partial charge is 0.491 e. The third-order valence-corrected chi connectivity index (χ3v) is 3.88. The summed E-state index contributed by atoms with van der Waals surface area (Å²) in [6.45, 7) is 9.80. The van der Waals surface area contributed by atoms with E-state index in [1.165, 1.54) is 0 Å². The van der Waals surface area contributed by atoms with Crippen LogP contribution >= 0.6 is 0 Å². The Morgan fingerprint density at radius 3 is 2.26 bits per heavy atom. The molecule has 0 fully saturated rings. The van der Waals surface area contributed by atoms with Gasteiger partial charge in [0.05, 0.1) is 6.10 Å². The van der Waals surface area contributed by atoms with Crippen LogP contribution in [-0.2, 0) is 0 Å². The van der Waals surface area contributed by atoms with E-state index in [9.17, 15) is 9.59 Å². The van der Waals surface area contributed by atoms with Crippen molar-refractivity contribution in [2.45, 2.75) is 52.7 Å². The minimum atomic E-state index is -0.327. The summed E-state index contributed by atoms with van der Waals surface area (Å²) in [4.78, 5) is 24.9. The van der Waals surface area contributed by atoms with Crippen LogP contribution in [0, 0.1) is 0 Å². The Morgan fingerprint density at radius 1 is 1.00 bits per heavy atom. The second kappa shape index (κ2) is 8.71. The van der Waals surface area contributed by atoms with Gasteiger partial charge < -0.3 is 15.4 Å². The molecule has 0 saturated heterocycles. The summed E-state index contributed by atoms with van der Waals surface area (Å²) < 4.78 is 5.77. The Balaban J connectivity index is 2.11. The van der Waals surface area contributed by atoms with Crippen LogP contribution in [-0.4, -0.2) is 23.5 Å². The molecule has 0 aliphatic rings. The predicted octanol–water partition coefficient (Wildman–Crippen LogP) is 4.64. The maximum absolute atomic E-state index is 12.6. The van der Waals surface area contributed by atoms with Gasteiger partial charge in [-0.3, -0.25) is 9.59 Å². The number of hydrogen-bond donors (Lipinski definition) is 2. The number of nitrogens with one attached hydrogen (secondary N) is 2. The van der Waals surface area contributed by atoms with E-state index >= 15 is 0 Å². The van der Waals surface area contributed by atoms with Gasteiger partial charge in [-0.1, -0.05) is 19.1 Å². The Morgan fingerprint density at radius 2 is 1.63 bits per heavy atom. The maximum atomic E-state index is 12.6. The monoisotopic (exact) mass is 368 g/mol. The lowest BCUT2D eigenvalue weighted by Crippen LogP contribution is -2.40. The van der Waals surface area contributed by atoms with Gasteiger partial charge in [-0.05, 0) is 70.5 Å². The Bertz CT molecular complexity index is 809. The standard InChI is InChI=1S/C22H28N2O3/c1-6-15(2)27-19-12-8-10-17(14-19)20(25)23-18-11-7-9-16(13-18)21(26)24-22(3,4)5/h7-15H,6H2,1-5H3,(H,23,25)(H,24,26). The average molecular weight is 368 g/mol. The predicted molar refractivity (Wildman–Crippen MR) is 108 cm³/mol. The second-order valence-corrected chi connectivity index (χ2v) is 7.60. The highest BCUT2D eigenvalue weighted by Gasteiger charge is 2.16. The zero-order valence-corrected chi connectivity index (χ0v) is 16.6. The van der Waals surface area contributed by atoms with E-state index in [1.54, 1.807) is 42.5 Å². The molecular formula is C22H28N2O3. The van der Waals surface area contributed by atoms with Crippen LogP contribution in [0.5, 0.6) is 5.75 Å². The molecule has 5 heteroatoms. The second-order valence-electron chi connectivity index (χ2n) is 7.60.